The molecule has 9 nitrogen and oxygen atoms in total. The van der Waals surface area contributed by atoms with E-state index in [-0.39, 0.29) is 20.5 Å². The van der Waals surface area contributed by atoms with Gasteiger partial charge in [0.05, 0.1) is 37.7 Å². The molecule has 2 fully saturated rings. The molecule has 2 aliphatic heterocycles. The minimum atomic E-state index is -1.68. The maximum atomic E-state index is 14.6. The van der Waals surface area contributed by atoms with Gasteiger partial charge in [-0.2, -0.15) is 0 Å². The third-order valence-electron chi connectivity index (χ3n) is 7.08. The monoisotopic (exact) mass is 482 g/mol. The first-order chi connectivity index (χ1) is 16.4. The van der Waals surface area contributed by atoms with Crippen molar-refractivity contribution in [3.05, 3.63) is 60.2 Å². The van der Waals surface area contributed by atoms with Crippen molar-refractivity contribution in [3.8, 4) is 0 Å². The number of nitrogens with zero attached hydrogens (tertiary/aromatic N) is 4. The molecule has 2 unspecified atom stereocenters. The van der Waals surface area contributed by atoms with Gasteiger partial charge in [0.2, 0.25) is 0 Å². The summed E-state index contributed by atoms with van der Waals surface area (Å²) in [6.45, 7) is 2.84. The van der Waals surface area contributed by atoms with Gasteiger partial charge in [0.15, 0.2) is 16.6 Å². The van der Waals surface area contributed by atoms with Gasteiger partial charge in [-0.3, -0.25) is 29.3 Å². The number of ether oxygens (including phenoxy) is 2. The highest BCUT2D eigenvalue weighted by molar-refractivity contribution is 6.17. The fraction of sp³-hybridized carbons (Fsp3) is 0.500. The van der Waals surface area contributed by atoms with E-state index < -0.39 is 40.6 Å². The summed E-state index contributed by atoms with van der Waals surface area (Å²) in [6, 6.07) is 9.20. The van der Waals surface area contributed by atoms with Crippen molar-refractivity contribution in [1.82, 2.24) is 19.8 Å². The normalized spacial score (nSPS) is 28.6. The Morgan fingerprint density at radius 2 is 1.40 bits per heavy atom. The highest BCUT2D eigenvalue weighted by Crippen LogP contribution is 2.60. The van der Waals surface area contributed by atoms with Crippen LogP contribution in [0.3, 0.4) is 0 Å². The second-order valence-corrected chi connectivity index (χ2v) is 8.95. The van der Waals surface area contributed by atoms with Crippen LogP contribution in [0.5, 0.6) is 0 Å². The Labute approximate surface area is 206 Å². The Hall–Kier alpha value is -3.17. The van der Waals surface area contributed by atoms with Gasteiger partial charge in [-0.15, -0.1) is 0 Å². The van der Waals surface area contributed by atoms with Crippen LogP contribution in [0, 0.1) is 10.8 Å². The molecule has 0 N–H and O–H groups in total. The predicted molar refractivity (Wildman–Crippen MR) is 129 cm³/mol. The minimum absolute atomic E-state index is 0. The first-order valence-corrected chi connectivity index (χ1v) is 11.4. The fourth-order valence-corrected chi connectivity index (χ4v) is 5.94. The van der Waals surface area contributed by atoms with Crippen LogP contribution >= 0.6 is 0 Å². The molecule has 2 aliphatic rings. The van der Waals surface area contributed by atoms with Crippen LogP contribution in [0.2, 0.25) is 0 Å². The van der Waals surface area contributed by atoms with Crippen LogP contribution in [-0.4, -0.2) is 78.4 Å². The van der Waals surface area contributed by atoms with Gasteiger partial charge in [-0.1, -0.05) is 26.5 Å². The molecular formula is C26H34N4O5. The largest absolute Gasteiger partial charge is 0.468 e. The number of carbonyl (C=O) groups is 3. The standard InChI is InChI=1S/C25H30N4O5.CH4/c1-5-14-29-15-24(22(31)33-3)19(17-10-6-8-12-26-17)28(2)20(18-11-7-9-13-27-18)25(16-29,21(24)30)23(32)34-4;/h6-13,19-20H,5,14-16H2,1-4H3;1H4/t19-,20+,24?,25?;. The third kappa shape index (κ3) is 3.83. The smallest absolute Gasteiger partial charge is 0.322 e. The summed E-state index contributed by atoms with van der Waals surface area (Å²) in [5.74, 6) is -1.88. The molecule has 4 rings (SSSR count). The predicted octanol–water partition coefficient (Wildman–Crippen LogP) is 2.45. The van der Waals surface area contributed by atoms with E-state index in [0.717, 1.165) is 6.42 Å². The zero-order valence-corrected chi connectivity index (χ0v) is 19.9. The van der Waals surface area contributed by atoms with Crippen LogP contribution in [-0.2, 0) is 23.9 Å². The summed E-state index contributed by atoms with van der Waals surface area (Å²) in [5, 5.41) is 0. The van der Waals surface area contributed by atoms with Gasteiger partial charge in [0.1, 0.15) is 0 Å². The third-order valence-corrected chi connectivity index (χ3v) is 7.08. The lowest BCUT2D eigenvalue weighted by Crippen LogP contribution is -2.75. The maximum Gasteiger partial charge on any atom is 0.322 e. The number of hydrogen-bond donors (Lipinski definition) is 0. The van der Waals surface area contributed by atoms with Crippen molar-refractivity contribution in [3.63, 3.8) is 0 Å². The molecule has 0 spiro atoms. The Bertz CT molecular complexity index is 986. The average molecular weight is 483 g/mol. The summed E-state index contributed by atoms with van der Waals surface area (Å²) in [4.78, 5) is 54.7. The van der Waals surface area contributed by atoms with Crippen LogP contribution in [0.4, 0.5) is 0 Å². The number of fused-ring (bicyclic) bond motifs is 2. The Balaban J connectivity index is 0.00000342. The first-order valence-electron chi connectivity index (χ1n) is 11.4. The molecule has 0 aromatic carbocycles. The van der Waals surface area contributed by atoms with Gasteiger partial charge in [-0.25, -0.2) is 0 Å². The van der Waals surface area contributed by atoms with Gasteiger partial charge >= 0.3 is 11.9 Å². The Kier molecular flexibility index (Phi) is 7.71. The maximum absolute atomic E-state index is 14.6. The summed E-state index contributed by atoms with van der Waals surface area (Å²) < 4.78 is 10.5. The van der Waals surface area contributed by atoms with Crippen LogP contribution in [0.25, 0.3) is 0 Å². The minimum Gasteiger partial charge on any atom is -0.468 e. The fourth-order valence-electron chi connectivity index (χ4n) is 5.94. The number of carbonyl (C=O) groups excluding carboxylic acids is 3. The zero-order valence-electron chi connectivity index (χ0n) is 19.9. The van der Waals surface area contributed by atoms with E-state index in [4.69, 9.17) is 9.47 Å². The summed E-state index contributed by atoms with van der Waals surface area (Å²) in [5.41, 5.74) is -2.27. The Morgan fingerprint density at radius 3 is 1.74 bits per heavy atom. The molecule has 2 aromatic rings. The molecule has 2 bridgehead atoms. The molecule has 35 heavy (non-hydrogen) atoms. The topological polar surface area (TPSA) is 102 Å². The number of hydrogen-bond acceptors (Lipinski definition) is 9. The molecule has 2 aromatic heterocycles. The molecular weight excluding hydrogens is 448 g/mol. The van der Waals surface area contributed by atoms with Gasteiger partial charge in [0.25, 0.3) is 0 Å². The molecule has 0 radical (unpaired) electrons. The van der Waals surface area contributed by atoms with Gasteiger partial charge in [-0.05, 0) is 44.3 Å². The van der Waals surface area contributed by atoms with Crippen LogP contribution in [0.15, 0.2) is 48.8 Å². The zero-order chi connectivity index (χ0) is 24.5. The lowest BCUT2D eigenvalue weighted by atomic mass is 9.54. The molecule has 4 atom stereocenters. The highest BCUT2D eigenvalue weighted by atomic mass is 16.5. The second-order valence-electron chi connectivity index (χ2n) is 8.95. The van der Waals surface area contributed by atoms with E-state index in [0.29, 0.717) is 17.9 Å². The van der Waals surface area contributed by atoms with Crippen molar-refractivity contribution in [2.75, 3.05) is 40.9 Å². The number of methoxy groups -OCH3 is 2. The van der Waals surface area contributed by atoms with Crippen LogP contribution < -0.4 is 0 Å². The lowest BCUT2D eigenvalue weighted by Gasteiger charge is -2.60. The van der Waals surface area contributed by atoms with E-state index in [2.05, 4.69) is 9.97 Å². The first kappa shape index (κ1) is 26.4. The van der Waals surface area contributed by atoms with Crippen molar-refractivity contribution in [2.45, 2.75) is 32.9 Å². The molecule has 4 heterocycles. The average Bonchev–Trinajstić information content (AvgIpc) is 2.86. The molecule has 2 saturated heterocycles. The van der Waals surface area contributed by atoms with Crippen molar-refractivity contribution in [1.29, 1.82) is 0 Å². The van der Waals surface area contributed by atoms with Crippen molar-refractivity contribution < 1.29 is 23.9 Å². The number of likely N-dealkylation sites (tertiary alicyclic amines) is 2. The number of pyridine rings is 2. The number of piperidine rings is 2. The SMILES string of the molecule is C.CCCN1CC2(C(=O)OC)C(=O)C(C(=O)OC)(C1)[C@@H](c1ccccn1)N(C)[C@H]2c1ccccn1. The van der Waals surface area contributed by atoms with Crippen molar-refractivity contribution in [2.24, 2.45) is 10.8 Å². The number of Topliss-reactive ketones (excluding diaryl/α,β-unsaturated/α-hetero) is 1. The van der Waals surface area contributed by atoms with E-state index >= 15 is 0 Å². The lowest BCUT2D eigenvalue weighted by molar-refractivity contribution is -0.203. The molecule has 0 saturated carbocycles. The summed E-state index contributed by atoms with van der Waals surface area (Å²) in [6.07, 6.45) is 4.04. The second kappa shape index (κ2) is 10.2. The molecule has 0 aliphatic carbocycles. The number of ketones is 1. The van der Waals surface area contributed by atoms with E-state index in [1.807, 2.05) is 28.9 Å². The molecule has 9 heteroatoms. The summed E-state index contributed by atoms with van der Waals surface area (Å²) >= 11 is 0. The quantitative estimate of drug-likeness (QED) is 0.454. The van der Waals surface area contributed by atoms with E-state index in [9.17, 15) is 14.4 Å². The molecule has 188 valence electrons. The van der Waals surface area contributed by atoms with Crippen molar-refractivity contribution >= 4 is 17.7 Å². The Morgan fingerprint density at radius 1 is 0.943 bits per heavy atom. The van der Waals surface area contributed by atoms with Crippen LogP contribution in [0.1, 0.15) is 44.2 Å². The van der Waals surface area contributed by atoms with Gasteiger partial charge < -0.3 is 14.4 Å². The van der Waals surface area contributed by atoms with E-state index in [1.54, 1.807) is 43.7 Å². The number of esters is 2. The van der Waals surface area contributed by atoms with E-state index in [1.165, 1.54) is 14.2 Å². The van der Waals surface area contributed by atoms with Gasteiger partial charge in [0, 0.05) is 25.5 Å². The summed E-state index contributed by atoms with van der Waals surface area (Å²) in [7, 11) is 4.34. The molecule has 0 amide bonds. The number of aromatic nitrogens is 2. The highest BCUT2D eigenvalue weighted by Gasteiger charge is 2.75. The number of rotatable bonds is 6.